The molecule has 1 unspecified atom stereocenters. The van der Waals surface area contributed by atoms with E-state index < -0.39 is 30.3 Å². The molecule has 0 fully saturated rings. The molecule has 1 rings (SSSR count). The Balaban J connectivity index is 2.97. The summed E-state index contributed by atoms with van der Waals surface area (Å²) < 4.78 is 0. The Bertz CT molecular complexity index is 490. The number of aromatic nitrogens is 2. The minimum absolute atomic E-state index is 0.168. The van der Waals surface area contributed by atoms with E-state index in [4.69, 9.17) is 15.9 Å². The van der Waals surface area contributed by atoms with Crippen LogP contribution in [-0.4, -0.2) is 44.1 Å². The Hall–Kier alpha value is -2.71. The van der Waals surface area contributed by atoms with E-state index in [2.05, 4.69) is 15.3 Å². The minimum Gasteiger partial charge on any atom is -0.481 e. The number of hydrogen-bond acceptors (Lipinski definition) is 6. The summed E-state index contributed by atoms with van der Waals surface area (Å²) in [7, 11) is 0. The lowest BCUT2D eigenvalue weighted by molar-refractivity contribution is -0.144. The predicted molar refractivity (Wildman–Crippen MR) is 57.8 cm³/mol. The van der Waals surface area contributed by atoms with Crippen molar-refractivity contribution in [2.45, 2.75) is 12.5 Å². The molecule has 9 heteroatoms. The number of nitrogens with one attached hydrogen (secondary N) is 1. The fourth-order valence-electron chi connectivity index (χ4n) is 1.16. The Morgan fingerprint density at radius 3 is 2.39 bits per heavy atom. The van der Waals surface area contributed by atoms with Gasteiger partial charge in [0.05, 0.1) is 6.42 Å². The number of carboxylic acid groups (broad SMARTS) is 2. The zero-order valence-corrected chi connectivity index (χ0v) is 9.03. The van der Waals surface area contributed by atoms with Gasteiger partial charge in [-0.3, -0.25) is 9.59 Å². The van der Waals surface area contributed by atoms with Gasteiger partial charge < -0.3 is 21.3 Å². The molecule has 1 heterocycles. The Kier molecular flexibility index (Phi) is 4.13. The monoisotopic (exact) mass is 254 g/mol. The van der Waals surface area contributed by atoms with Crippen molar-refractivity contribution >= 4 is 23.7 Å². The van der Waals surface area contributed by atoms with E-state index >= 15 is 0 Å². The molecule has 1 aromatic rings. The number of anilines is 1. The highest BCUT2D eigenvalue weighted by Gasteiger charge is 2.23. The van der Waals surface area contributed by atoms with Crippen LogP contribution in [0.3, 0.4) is 0 Å². The van der Waals surface area contributed by atoms with E-state index in [1.54, 1.807) is 0 Å². The number of nitrogens with two attached hydrogens (primary N) is 1. The summed E-state index contributed by atoms with van der Waals surface area (Å²) in [4.78, 5) is 39.7. The molecule has 0 saturated heterocycles. The van der Waals surface area contributed by atoms with E-state index in [1.165, 1.54) is 12.4 Å². The summed E-state index contributed by atoms with van der Waals surface area (Å²) in [5.74, 6) is -3.76. The van der Waals surface area contributed by atoms with Crippen LogP contribution in [0.2, 0.25) is 0 Å². The van der Waals surface area contributed by atoms with Gasteiger partial charge in [-0.15, -0.1) is 0 Å². The molecule has 0 spiro atoms. The van der Waals surface area contributed by atoms with Gasteiger partial charge >= 0.3 is 11.9 Å². The van der Waals surface area contributed by atoms with Crippen molar-refractivity contribution in [2.24, 2.45) is 5.73 Å². The smallest absolute Gasteiger partial charge is 0.326 e. The van der Waals surface area contributed by atoms with Gasteiger partial charge in [-0.1, -0.05) is 0 Å². The number of amides is 1. The van der Waals surface area contributed by atoms with Gasteiger partial charge in [0.25, 0.3) is 5.91 Å². The summed E-state index contributed by atoms with van der Waals surface area (Å²) >= 11 is 0. The third-order valence-corrected chi connectivity index (χ3v) is 1.92. The maximum atomic E-state index is 11.0. The third kappa shape index (κ3) is 3.40. The first-order chi connectivity index (χ1) is 8.41. The summed E-state index contributed by atoms with van der Waals surface area (Å²) in [5, 5.41) is 19.7. The zero-order valence-electron chi connectivity index (χ0n) is 9.03. The Morgan fingerprint density at radius 1 is 1.28 bits per heavy atom. The quantitative estimate of drug-likeness (QED) is 0.499. The number of hydrogen-bond donors (Lipinski definition) is 4. The first-order valence-electron chi connectivity index (χ1n) is 4.73. The molecule has 9 nitrogen and oxygen atoms in total. The number of carboxylic acids is 2. The number of aliphatic carboxylic acids is 2. The maximum Gasteiger partial charge on any atom is 0.326 e. The molecule has 0 radical (unpaired) electrons. The van der Waals surface area contributed by atoms with Gasteiger partial charge in [-0.2, -0.15) is 0 Å². The third-order valence-electron chi connectivity index (χ3n) is 1.92. The van der Waals surface area contributed by atoms with E-state index in [1.807, 2.05) is 0 Å². The van der Waals surface area contributed by atoms with Crippen molar-refractivity contribution in [1.82, 2.24) is 9.97 Å². The largest absolute Gasteiger partial charge is 0.481 e. The van der Waals surface area contributed by atoms with Crippen molar-refractivity contribution in [3.8, 4) is 0 Å². The van der Waals surface area contributed by atoms with Gasteiger partial charge in [0.2, 0.25) is 0 Å². The summed E-state index contributed by atoms with van der Waals surface area (Å²) in [6, 6.07) is -1.43. The van der Waals surface area contributed by atoms with E-state index in [0.29, 0.717) is 0 Å². The van der Waals surface area contributed by atoms with Crippen LogP contribution in [0, 0.1) is 0 Å². The van der Waals surface area contributed by atoms with Gasteiger partial charge in [0, 0.05) is 12.4 Å². The van der Waals surface area contributed by atoms with Gasteiger partial charge in [0.1, 0.15) is 6.04 Å². The van der Waals surface area contributed by atoms with Gasteiger partial charge in [-0.05, 0) is 0 Å². The van der Waals surface area contributed by atoms with Crippen molar-refractivity contribution < 1.29 is 24.6 Å². The van der Waals surface area contributed by atoms with Crippen LogP contribution in [0.5, 0.6) is 0 Å². The summed E-state index contributed by atoms with van der Waals surface area (Å²) in [6.45, 7) is 0. The van der Waals surface area contributed by atoms with Crippen LogP contribution in [0.25, 0.3) is 0 Å². The van der Waals surface area contributed by atoms with Crippen LogP contribution >= 0.6 is 0 Å². The molecule has 18 heavy (non-hydrogen) atoms. The number of carbonyl (C=O) groups excluding carboxylic acids is 1. The number of primary amides is 1. The highest BCUT2D eigenvalue weighted by atomic mass is 16.4. The Labute approximate surface area is 101 Å². The molecule has 0 aliphatic rings. The lowest BCUT2D eigenvalue weighted by atomic mass is 10.2. The predicted octanol–water partition coefficient (Wildman–Crippen LogP) is -1.08. The molecular weight excluding hydrogens is 244 g/mol. The van der Waals surface area contributed by atoms with E-state index in [0.717, 1.165) is 0 Å². The molecule has 1 atom stereocenters. The first-order valence-corrected chi connectivity index (χ1v) is 4.73. The molecule has 0 aliphatic carbocycles. The first kappa shape index (κ1) is 13.4. The van der Waals surface area contributed by atoms with Crippen LogP contribution in [0.1, 0.15) is 16.9 Å². The highest BCUT2D eigenvalue weighted by Crippen LogP contribution is 2.10. The molecule has 1 amide bonds. The molecule has 0 aromatic carbocycles. The van der Waals surface area contributed by atoms with E-state index in [9.17, 15) is 14.4 Å². The highest BCUT2D eigenvalue weighted by molar-refractivity contribution is 5.96. The lowest BCUT2D eigenvalue weighted by Gasteiger charge is -2.13. The summed E-state index contributed by atoms with van der Waals surface area (Å²) in [5.41, 5.74) is 4.77. The van der Waals surface area contributed by atoms with Gasteiger partial charge in [0.15, 0.2) is 11.5 Å². The number of nitrogens with zero attached hydrogens (tertiary/aromatic N) is 2. The van der Waals surface area contributed by atoms with Crippen molar-refractivity contribution in [2.75, 3.05) is 5.32 Å². The average Bonchev–Trinajstić information content (AvgIpc) is 2.27. The van der Waals surface area contributed by atoms with Gasteiger partial charge in [-0.25, -0.2) is 14.8 Å². The van der Waals surface area contributed by atoms with Crippen molar-refractivity contribution in [1.29, 1.82) is 0 Å². The fraction of sp³-hybridized carbons (Fsp3) is 0.222. The molecule has 1 aromatic heterocycles. The second kappa shape index (κ2) is 5.57. The van der Waals surface area contributed by atoms with E-state index in [-0.39, 0.29) is 11.5 Å². The molecule has 0 aliphatic heterocycles. The molecule has 96 valence electrons. The molecule has 0 saturated carbocycles. The molecular formula is C9H10N4O5. The standard InChI is InChI=1S/C9H10N4O5/c10-7(16)6-8(12-2-1-11-6)13-4(9(17)18)3-5(14)15/h1-2,4H,3H2,(H2,10,16)(H,12,13)(H,14,15)(H,17,18). The topological polar surface area (TPSA) is 156 Å². The van der Waals surface area contributed by atoms with Crippen LogP contribution in [0.4, 0.5) is 5.82 Å². The SMILES string of the molecule is NC(=O)c1nccnc1NC(CC(=O)O)C(=O)O. The fourth-order valence-corrected chi connectivity index (χ4v) is 1.16. The zero-order chi connectivity index (χ0) is 13.7. The Morgan fingerprint density at radius 2 is 1.89 bits per heavy atom. The molecule has 5 N–H and O–H groups in total. The molecule has 0 bridgehead atoms. The van der Waals surface area contributed by atoms with Crippen LogP contribution in [-0.2, 0) is 9.59 Å². The van der Waals surface area contributed by atoms with Crippen molar-refractivity contribution in [3.63, 3.8) is 0 Å². The lowest BCUT2D eigenvalue weighted by Crippen LogP contribution is -2.33. The van der Waals surface area contributed by atoms with Crippen LogP contribution in [0.15, 0.2) is 12.4 Å². The maximum absolute atomic E-state index is 11.0. The van der Waals surface area contributed by atoms with Crippen LogP contribution < -0.4 is 11.1 Å². The number of rotatable bonds is 6. The number of carbonyl (C=O) groups is 3. The summed E-state index contributed by atoms with van der Waals surface area (Å²) in [6.07, 6.45) is 1.75. The average molecular weight is 254 g/mol. The second-order valence-corrected chi connectivity index (χ2v) is 3.25. The van der Waals surface area contributed by atoms with Crippen molar-refractivity contribution in [3.05, 3.63) is 18.1 Å². The second-order valence-electron chi connectivity index (χ2n) is 3.25. The minimum atomic E-state index is -1.43. The normalized spacial score (nSPS) is 11.6.